The van der Waals surface area contributed by atoms with Gasteiger partial charge in [0.1, 0.15) is 34.8 Å². The van der Waals surface area contributed by atoms with Gasteiger partial charge in [0.2, 0.25) is 0 Å². The summed E-state index contributed by atoms with van der Waals surface area (Å²) >= 11 is 3.42. The molecule has 8 rings (SSSR count). The van der Waals surface area contributed by atoms with Crippen molar-refractivity contribution in [2.24, 2.45) is 17.8 Å². The molecule has 0 bridgehead atoms. The molecule has 0 N–H and O–H groups in total. The topological polar surface area (TPSA) is 126 Å². The zero-order chi connectivity index (χ0) is 49.7. The Kier molecular flexibility index (Phi) is 22.2. The Morgan fingerprint density at radius 1 is 0.662 bits per heavy atom. The minimum Gasteiger partial charge on any atom is -0.813 e. The van der Waals surface area contributed by atoms with Crippen molar-refractivity contribution in [2.75, 3.05) is 36.0 Å². The van der Waals surface area contributed by atoms with Crippen LogP contribution >= 0.6 is 15.9 Å². The number of aromatic nitrogens is 4. The molecule has 4 aromatic heterocycles. The van der Waals surface area contributed by atoms with Crippen molar-refractivity contribution >= 4 is 75.3 Å². The lowest BCUT2D eigenvalue weighted by Crippen LogP contribution is -2.31. The third-order valence-electron chi connectivity index (χ3n) is 12.8. The number of nitrogens with zero attached hydrogens (tertiary/aromatic N) is 6. The van der Waals surface area contributed by atoms with Gasteiger partial charge in [-0.2, -0.15) is 26.3 Å². The van der Waals surface area contributed by atoms with Gasteiger partial charge in [-0.25, -0.2) is 9.97 Å². The van der Waals surface area contributed by atoms with Crippen LogP contribution in [0.5, 0.6) is 0 Å². The van der Waals surface area contributed by atoms with Crippen LogP contribution in [0.3, 0.4) is 0 Å². The van der Waals surface area contributed by atoms with Gasteiger partial charge in [0.25, 0.3) is 0 Å². The van der Waals surface area contributed by atoms with Crippen molar-refractivity contribution in [1.29, 1.82) is 0 Å². The van der Waals surface area contributed by atoms with Gasteiger partial charge in [-0.1, -0.05) is 52.3 Å². The molecule has 3 unspecified atom stereocenters. The molecular weight excluding hydrogens is 1010 g/mol. The number of ketones is 4. The Morgan fingerprint density at radius 2 is 1.11 bits per heavy atom. The SMILES string of the molecule is BrCc1cccc(N2CCCC2)n1.CC(=O)C(Cc1cccc(N2CCCC2)n1)C(=O)C1CC=C(c2cccnc2C(F)(F)F)CC1.CC(=O)CC(=O)C1CC=C(c2cccnc2C(F)(F)F)CC1.[CH3-].[SH-]. The maximum atomic E-state index is 13.3. The van der Waals surface area contributed by atoms with Gasteiger partial charge < -0.3 is 30.7 Å². The molecule has 0 radical (unpaired) electrons. The Hall–Kier alpha value is -5.23. The maximum absolute atomic E-state index is 13.3. The van der Waals surface area contributed by atoms with E-state index in [1.165, 1.54) is 64.0 Å². The van der Waals surface area contributed by atoms with Crippen LogP contribution in [-0.4, -0.2) is 69.2 Å². The molecule has 10 nitrogen and oxygen atoms in total. The van der Waals surface area contributed by atoms with E-state index in [2.05, 4.69) is 57.8 Å². The second kappa shape index (κ2) is 27.0. The van der Waals surface area contributed by atoms with Crippen molar-refractivity contribution in [3.63, 3.8) is 0 Å². The molecule has 2 fully saturated rings. The second-order valence-corrected chi connectivity index (χ2v) is 18.4. The lowest BCUT2D eigenvalue weighted by Gasteiger charge is -2.25. The first-order chi connectivity index (χ1) is 32.9. The molecule has 6 heterocycles. The minimum atomic E-state index is -4.54. The number of carbonyl (C=O) groups is 4. The number of Topliss-reactive ketones (excluding diaryl/α,β-unsaturated/α-hetero) is 4. The van der Waals surface area contributed by atoms with Gasteiger partial charge in [0.15, 0.2) is 11.4 Å². The highest BCUT2D eigenvalue weighted by molar-refractivity contribution is 9.08. The average Bonchev–Trinajstić information content (AvgIpc) is 4.10. The molecule has 0 aromatic carbocycles. The number of anilines is 2. The second-order valence-electron chi connectivity index (χ2n) is 17.8. The molecule has 0 amide bonds. The van der Waals surface area contributed by atoms with Crippen molar-refractivity contribution in [1.82, 2.24) is 19.9 Å². The monoisotopic (exact) mass is 1070 g/mol. The molecule has 2 aliphatic heterocycles. The molecule has 18 heteroatoms. The number of allylic oxidation sites excluding steroid dienone is 4. The molecule has 0 saturated carbocycles. The molecule has 0 spiro atoms. The van der Waals surface area contributed by atoms with Crippen molar-refractivity contribution < 1.29 is 45.5 Å². The molecule has 2 aliphatic carbocycles. The number of rotatable bonds is 13. The van der Waals surface area contributed by atoms with Crippen LogP contribution < -0.4 is 9.80 Å². The minimum absolute atomic E-state index is 0. The van der Waals surface area contributed by atoms with E-state index in [4.69, 9.17) is 0 Å². The highest BCUT2D eigenvalue weighted by atomic mass is 79.9. The molecule has 71 heavy (non-hydrogen) atoms. The van der Waals surface area contributed by atoms with Gasteiger partial charge in [-0.3, -0.25) is 29.1 Å². The van der Waals surface area contributed by atoms with Crippen LogP contribution in [0.15, 0.2) is 85.2 Å². The van der Waals surface area contributed by atoms with Crippen LogP contribution in [0.1, 0.15) is 118 Å². The first-order valence-corrected chi connectivity index (χ1v) is 24.5. The molecule has 3 atom stereocenters. The average molecular weight is 1070 g/mol. The summed E-state index contributed by atoms with van der Waals surface area (Å²) in [5.74, 6) is -0.162. The smallest absolute Gasteiger partial charge is 0.433 e. The van der Waals surface area contributed by atoms with Crippen molar-refractivity contribution in [2.45, 2.75) is 109 Å². The lowest BCUT2D eigenvalue weighted by atomic mass is 9.78. The van der Waals surface area contributed by atoms with Gasteiger partial charge in [0, 0.05) is 79.0 Å². The normalized spacial score (nSPS) is 18.2. The van der Waals surface area contributed by atoms with Crippen LogP contribution in [0.2, 0.25) is 0 Å². The molecule has 2 saturated heterocycles. The zero-order valence-corrected chi connectivity index (χ0v) is 42.7. The summed E-state index contributed by atoms with van der Waals surface area (Å²) < 4.78 is 79.0. The lowest BCUT2D eigenvalue weighted by molar-refractivity contribution is -0.142. The fourth-order valence-electron chi connectivity index (χ4n) is 9.18. The number of carbonyl (C=O) groups excluding carboxylic acids is 4. The van der Waals surface area contributed by atoms with Gasteiger partial charge >= 0.3 is 12.4 Å². The van der Waals surface area contributed by atoms with Crippen molar-refractivity contribution in [3.8, 4) is 0 Å². The Labute approximate surface area is 427 Å². The van der Waals surface area contributed by atoms with E-state index in [9.17, 15) is 45.5 Å². The van der Waals surface area contributed by atoms with Gasteiger partial charge in [0.05, 0.1) is 18.0 Å². The van der Waals surface area contributed by atoms with E-state index in [0.29, 0.717) is 55.4 Å². The fourth-order valence-corrected chi connectivity index (χ4v) is 9.50. The Balaban J connectivity index is 0.000000253. The van der Waals surface area contributed by atoms with Crippen LogP contribution in [0, 0.1) is 25.2 Å². The largest absolute Gasteiger partial charge is 0.813 e. The summed E-state index contributed by atoms with van der Waals surface area (Å²) in [5, 5.41) is 0.842. The molecule has 4 aromatic rings. The summed E-state index contributed by atoms with van der Waals surface area (Å²) in [4.78, 5) is 69.2. The van der Waals surface area contributed by atoms with Gasteiger partial charge in [-0.15, -0.1) is 0 Å². The van der Waals surface area contributed by atoms with Crippen molar-refractivity contribution in [3.05, 3.63) is 127 Å². The molecular formula is C53H61BrF6N6O4S-2. The number of pyridine rings is 4. The predicted molar refractivity (Wildman–Crippen MR) is 271 cm³/mol. The third-order valence-corrected chi connectivity index (χ3v) is 13.4. The number of hydrogen-bond acceptors (Lipinski definition) is 11. The quantitative estimate of drug-likeness (QED) is 0.0317. The highest BCUT2D eigenvalue weighted by Crippen LogP contribution is 2.40. The van der Waals surface area contributed by atoms with Crippen LogP contribution in [0.25, 0.3) is 11.1 Å². The Bertz CT molecular complexity index is 2510. The molecule has 4 aliphatic rings. The predicted octanol–water partition coefficient (Wildman–Crippen LogP) is 11.9. The summed E-state index contributed by atoms with van der Waals surface area (Å²) in [6, 6.07) is 17.7. The van der Waals surface area contributed by atoms with Crippen LogP contribution in [0.4, 0.5) is 38.0 Å². The number of alkyl halides is 7. The summed E-state index contributed by atoms with van der Waals surface area (Å²) in [6.45, 7) is 7.01. The van der Waals surface area contributed by atoms with E-state index >= 15 is 0 Å². The number of halogens is 7. The summed E-state index contributed by atoms with van der Waals surface area (Å²) in [6.07, 6.45) is 3.83. The summed E-state index contributed by atoms with van der Waals surface area (Å²) in [7, 11) is 0. The highest BCUT2D eigenvalue weighted by Gasteiger charge is 2.38. The van der Waals surface area contributed by atoms with Gasteiger partial charge in [-0.05, 0) is 126 Å². The van der Waals surface area contributed by atoms with E-state index < -0.39 is 35.6 Å². The first kappa shape index (κ1) is 58.3. The van der Waals surface area contributed by atoms with Crippen LogP contribution in [-0.2, 0) is 56.8 Å². The summed E-state index contributed by atoms with van der Waals surface area (Å²) in [5.41, 5.74) is 1.27. The molecule has 384 valence electrons. The maximum Gasteiger partial charge on any atom is 0.433 e. The van der Waals surface area contributed by atoms with E-state index in [1.807, 2.05) is 24.3 Å². The first-order valence-electron chi connectivity index (χ1n) is 23.4. The zero-order valence-electron chi connectivity index (χ0n) is 40.2. The van der Waals surface area contributed by atoms with E-state index in [0.717, 1.165) is 61.0 Å². The number of hydrogen-bond donors (Lipinski definition) is 0. The van der Waals surface area contributed by atoms with E-state index in [1.54, 1.807) is 12.2 Å². The van der Waals surface area contributed by atoms with E-state index in [-0.39, 0.29) is 73.9 Å². The number of thiol groups is 1. The Morgan fingerprint density at radius 3 is 1.52 bits per heavy atom. The third kappa shape index (κ3) is 16.4. The standard InChI is InChI=1S/C26H28F3N3O2.C16H16F3NO2.C10H13BrN2.CH3.H2S/c1-17(33)22(16-20-6-4-8-23(31-20)32-14-2-3-15-32)24(34)19-11-9-18(10-12-19)21-7-5-13-30-25(21)26(27,28)29;1-10(21)9-14(22)12-6-4-11(5-7-12)13-3-2-8-20-15(13)16(17,18)19;11-8-9-4-3-5-10(12-9)13-6-1-2-7-13;;/h4-9,13,19,22H,2-3,10-12,14-16H2,1H3;2-4,8,12H,5-7,9H2,1H3;3-5H,1-2,6-8H2;1H3;1H2/q;;;-1;/p-1. The fraction of sp³-hybridized carbons (Fsp3) is 0.453.